The third-order valence-corrected chi connectivity index (χ3v) is 3.48. The van der Waals surface area contributed by atoms with E-state index < -0.39 is 0 Å². The van der Waals surface area contributed by atoms with E-state index in [1.165, 1.54) is 37.2 Å². The van der Waals surface area contributed by atoms with Crippen molar-refractivity contribution >= 4 is 0 Å². The molecule has 2 heteroatoms. The molecule has 0 N–H and O–H groups in total. The molecular weight excluding hydrogens is 196 g/mol. The Kier molecular flexibility index (Phi) is 5.07. The van der Waals surface area contributed by atoms with Crippen LogP contribution in [0, 0.1) is 0 Å². The molecule has 1 rings (SSSR count). The molecule has 1 aliphatic rings. The molecule has 92 valence electrons. The van der Waals surface area contributed by atoms with Gasteiger partial charge >= 0.3 is 0 Å². The Morgan fingerprint density at radius 3 is 2.31 bits per heavy atom. The average molecular weight is 222 g/mol. The minimum Gasteiger partial charge on any atom is -0.369 e. The standard InChI is InChI=1S/C14H26N2/c1-6-14(12(3)4)16(7-2)13-8-10-15(5)11-9-13/h6,13H,1,7-11H2,2-5H3. The summed E-state index contributed by atoms with van der Waals surface area (Å²) in [4.78, 5) is 4.94. The van der Waals surface area contributed by atoms with Crippen LogP contribution >= 0.6 is 0 Å². The molecule has 1 fully saturated rings. The van der Waals surface area contributed by atoms with E-state index in [0.29, 0.717) is 6.04 Å². The van der Waals surface area contributed by atoms with Crippen molar-refractivity contribution in [2.75, 3.05) is 26.7 Å². The first-order valence-corrected chi connectivity index (χ1v) is 6.35. The van der Waals surface area contributed by atoms with Crippen LogP contribution in [0.5, 0.6) is 0 Å². The third-order valence-electron chi connectivity index (χ3n) is 3.48. The van der Waals surface area contributed by atoms with Crippen molar-refractivity contribution in [2.45, 2.75) is 39.7 Å². The van der Waals surface area contributed by atoms with Crippen molar-refractivity contribution in [1.82, 2.24) is 9.80 Å². The molecule has 1 saturated heterocycles. The summed E-state index contributed by atoms with van der Waals surface area (Å²) in [5.41, 5.74) is 2.70. The summed E-state index contributed by atoms with van der Waals surface area (Å²) >= 11 is 0. The monoisotopic (exact) mass is 222 g/mol. The topological polar surface area (TPSA) is 6.48 Å². The molecule has 0 spiro atoms. The van der Waals surface area contributed by atoms with Gasteiger partial charge in [-0.2, -0.15) is 0 Å². The molecule has 2 nitrogen and oxygen atoms in total. The van der Waals surface area contributed by atoms with Gasteiger partial charge in [0.15, 0.2) is 0 Å². The molecule has 0 atom stereocenters. The van der Waals surface area contributed by atoms with Crippen LogP contribution in [0.3, 0.4) is 0 Å². The molecule has 0 radical (unpaired) electrons. The van der Waals surface area contributed by atoms with Gasteiger partial charge in [0, 0.05) is 18.3 Å². The fourth-order valence-electron chi connectivity index (χ4n) is 2.54. The van der Waals surface area contributed by atoms with Crippen molar-refractivity contribution in [2.24, 2.45) is 0 Å². The van der Waals surface area contributed by atoms with Gasteiger partial charge in [-0.15, -0.1) is 0 Å². The van der Waals surface area contributed by atoms with E-state index in [1.807, 2.05) is 6.08 Å². The van der Waals surface area contributed by atoms with Crippen LogP contribution in [0.2, 0.25) is 0 Å². The number of rotatable bonds is 4. The van der Waals surface area contributed by atoms with Gasteiger partial charge in [-0.1, -0.05) is 12.2 Å². The highest BCUT2D eigenvalue weighted by atomic mass is 15.2. The van der Waals surface area contributed by atoms with E-state index in [9.17, 15) is 0 Å². The maximum absolute atomic E-state index is 3.95. The molecule has 0 aliphatic carbocycles. The Hall–Kier alpha value is -0.760. The van der Waals surface area contributed by atoms with Gasteiger partial charge in [0.1, 0.15) is 0 Å². The molecule has 1 aliphatic heterocycles. The molecule has 0 saturated carbocycles. The second kappa shape index (κ2) is 6.09. The van der Waals surface area contributed by atoms with Crippen molar-refractivity contribution < 1.29 is 0 Å². The Morgan fingerprint density at radius 2 is 1.94 bits per heavy atom. The molecule has 0 aromatic carbocycles. The molecule has 0 bridgehead atoms. The minimum atomic E-state index is 0.698. The summed E-state index contributed by atoms with van der Waals surface area (Å²) in [6.45, 7) is 14.1. The van der Waals surface area contributed by atoms with Gasteiger partial charge in [0.2, 0.25) is 0 Å². The zero-order valence-corrected chi connectivity index (χ0v) is 11.3. The zero-order chi connectivity index (χ0) is 12.1. The molecule has 0 aromatic heterocycles. The van der Waals surface area contributed by atoms with Crippen LogP contribution in [0.15, 0.2) is 23.9 Å². The predicted molar refractivity (Wildman–Crippen MR) is 71.5 cm³/mol. The van der Waals surface area contributed by atoms with Crippen LogP contribution in [-0.4, -0.2) is 42.5 Å². The Labute approximate surface area is 101 Å². The number of likely N-dealkylation sites (tertiary alicyclic amines) is 1. The quantitative estimate of drug-likeness (QED) is 0.675. The van der Waals surface area contributed by atoms with Crippen molar-refractivity contribution in [3.63, 3.8) is 0 Å². The first-order valence-electron chi connectivity index (χ1n) is 6.35. The highest BCUT2D eigenvalue weighted by molar-refractivity contribution is 5.21. The predicted octanol–water partition coefficient (Wildman–Crippen LogP) is 2.88. The van der Waals surface area contributed by atoms with Gasteiger partial charge < -0.3 is 9.80 Å². The normalized spacial score (nSPS) is 18.2. The first-order chi connectivity index (χ1) is 7.60. The SMILES string of the molecule is C=CC(=C(C)C)N(CC)C1CCN(C)CC1. The van der Waals surface area contributed by atoms with Crippen LogP contribution in [0.4, 0.5) is 0 Å². The van der Waals surface area contributed by atoms with E-state index in [-0.39, 0.29) is 0 Å². The molecule has 0 aromatic rings. The number of likely N-dealkylation sites (N-methyl/N-ethyl adjacent to an activating group) is 1. The Morgan fingerprint density at radius 1 is 1.38 bits per heavy atom. The van der Waals surface area contributed by atoms with Gasteiger partial charge in [-0.25, -0.2) is 0 Å². The zero-order valence-electron chi connectivity index (χ0n) is 11.3. The Balaban J connectivity index is 2.74. The van der Waals surface area contributed by atoms with E-state index in [0.717, 1.165) is 6.54 Å². The number of nitrogens with zero attached hydrogens (tertiary/aromatic N) is 2. The minimum absolute atomic E-state index is 0.698. The fourth-order valence-corrected chi connectivity index (χ4v) is 2.54. The lowest BCUT2D eigenvalue weighted by Gasteiger charge is -2.39. The summed E-state index contributed by atoms with van der Waals surface area (Å²) in [6, 6.07) is 0.698. The summed E-state index contributed by atoms with van der Waals surface area (Å²) < 4.78 is 0. The van der Waals surface area contributed by atoms with Crippen LogP contribution < -0.4 is 0 Å². The van der Waals surface area contributed by atoms with Gasteiger partial charge in [-0.3, -0.25) is 0 Å². The maximum Gasteiger partial charge on any atom is 0.0348 e. The number of hydrogen-bond donors (Lipinski definition) is 0. The lowest BCUT2D eigenvalue weighted by atomic mass is 10.0. The van der Waals surface area contributed by atoms with Gasteiger partial charge in [0.05, 0.1) is 0 Å². The summed E-state index contributed by atoms with van der Waals surface area (Å²) in [6.07, 6.45) is 4.56. The first kappa shape index (κ1) is 13.3. The van der Waals surface area contributed by atoms with Gasteiger partial charge in [-0.05, 0) is 59.8 Å². The van der Waals surface area contributed by atoms with Crippen molar-refractivity contribution in [3.8, 4) is 0 Å². The molecule has 0 unspecified atom stereocenters. The van der Waals surface area contributed by atoms with Crippen LogP contribution in [-0.2, 0) is 0 Å². The second-order valence-corrected chi connectivity index (χ2v) is 4.91. The van der Waals surface area contributed by atoms with E-state index in [1.54, 1.807) is 0 Å². The number of piperidine rings is 1. The molecule has 1 heterocycles. The van der Waals surface area contributed by atoms with Crippen LogP contribution in [0.1, 0.15) is 33.6 Å². The lowest BCUT2D eigenvalue weighted by molar-refractivity contribution is 0.157. The summed E-state index contributed by atoms with van der Waals surface area (Å²) in [5, 5.41) is 0. The third kappa shape index (κ3) is 3.11. The highest BCUT2D eigenvalue weighted by Gasteiger charge is 2.22. The second-order valence-electron chi connectivity index (χ2n) is 4.91. The Bertz CT molecular complexity index is 256. The number of allylic oxidation sites excluding steroid dienone is 2. The van der Waals surface area contributed by atoms with E-state index in [4.69, 9.17) is 0 Å². The molecular formula is C14H26N2. The van der Waals surface area contributed by atoms with Crippen LogP contribution in [0.25, 0.3) is 0 Å². The average Bonchev–Trinajstić information content (AvgIpc) is 2.26. The smallest absolute Gasteiger partial charge is 0.0348 e. The summed E-state index contributed by atoms with van der Waals surface area (Å²) in [5.74, 6) is 0. The highest BCUT2D eigenvalue weighted by Crippen LogP contribution is 2.22. The largest absolute Gasteiger partial charge is 0.369 e. The van der Waals surface area contributed by atoms with Crippen molar-refractivity contribution in [3.05, 3.63) is 23.9 Å². The maximum atomic E-state index is 3.95. The fraction of sp³-hybridized carbons (Fsp3) is 0.714. The van der Waals surface area contributed by atoms with Crippen molar-refractivity contribution in [1.29, 1.82) is 0 Å². The van der Waals surface area contributed by atoms with Gasteiger partial charge in [0.25, 0.3) is 0 Å². The van der Waals surface area contributed by atoms with E-state index in [2.05, 4.69) is 44.2 Å². The summed E-state index contributed by atoms with van der Waals surface area (Å²) in [7, 11) is 2.21. The molecule has 0 amide bonds. The lowest BCUT2D eigenvalue weighted by Crippen LogP contribution is -2.43. The number of hydrogen-bond acceptors (Lipinski definition) is 2. The van der Waals surface area contributed by atoms with E-state index >= 15 is 0 Å². The molecule has 16 heavy (non-hydrogen) atoms.